The third-order valence-electron chi connectivity index (χ3n) is 1.08. The van der Waals surface area contributed by atoms with E-state index in [1.54, 1.807) is 0 Å². The molecule has 6 heteroatoms. The van der Waals surface area contributed by atoms with Crippen LogP contribution in [-0.2, 0) is 0 Å². The summed E-state index contributed by atoms with van der Waals surface area (Å²) in [5.74, 6) is -0.788. The van der Waals surface area contributed by atoms with Gasteiger partial charge >= 0.3 is 7.12 Å². The van der Waals surface area contributed by atoms with E-state index >= 15 is 0 Å². The normalized spacial score (nSPS) is 9.82. The van der Waals surface area contributed by atoms with E-state index in [-0.39, 0.29) is 5.15 Å². The Labute approximate surface area is 67.6 Å². The molecule has 1 rings (SSSR count). The van der Waals surface area contributed by atoms with Crippen LogP contribution < -0.4 is 5.59 Å². The first-order valence-corrected chi connectivity index (χ1v) is 3.17. The van der Waals surface area contributed by atoms with Crippen LogP contribution in [0.1, 0.15) is 0 Å². The second-order valence-electron chi connectivity index (χ2n) is 1.87. The molecule has 0 aliphatic rings. The molecule has 1 heterocycles. The van der Waals surface area contributed by atoms with Crippen molar-refractivity contribution in [2.24, 2.45) is 0 Å². The fourth-order valence-corrected chi connectivity index (χ4v) is 0.768. The molecule has 1 aromatic rings. The SMILES string of the molecule is OB(O)c1nc(Cl)ccc1F. The Morgan fingerprint density at radius 1 is 1.45 bits per heavy atom. The van der Waals surface area contributed by atoms with Crippen LogP contribution in [0.2, 0.25) is 5.15 Å². The highest BCUT2D eigenvalue weighted by atomic mass is 35.5. The second kappa shape index (κ2) is 3.17. The third-order valence-corrected chi connectivity index (χ3v) is 1.29. The van der Waals surface area contributed by atoms with Gasteiger partial charge in [0.15, 0.2) is 0 Å². The molecule has 0 amide bonds. The summed E-state index contributed by atoms with van der Waals surface area (Å²) in [6.07, 6.45) is 0. The lowest BCUT2D eigenvalue weighted by atomic mass is 9.85. The lowest BCUT2D eigenvalue weighted by Crippen LogP contribution is -2.35. The van der Waals surface area contributed by atoms with Crippen molar-refractivity contribution >= 4 is 24.3 Å². The number of pyridine rings is 1. The van der Waals surface area contributed by atoms with Gasteiger partial charge in [-0.05, 0) is 12.1 Å². The summed E-state index contributed by atoms with van der Waals surface area (Å²) in [7, 11) is -1.92. The summed E-state index contributed by atoms with van der Waals surface area (Å²) >= 11 is 5.36. The van der Waals surface area contributed by atoms with Gasteiger partial charge in [-0.2, -0.15) is 0 Å². The maximum absolute atomic E-state index is 12.6. The molecule has 1 aromatic heterocycles. The summed E-state index contributed by atoms with van der Waals surface area (Å²) in [5, 5.41) is 17.1. The van der Waals surface area contributed by atoms with Crippen LogP contribution >= 0.6 is 11.6 Å². The van der Waals surface area contributed by atoms with Gasteiger partial charge in [0, 0.05) is 0 Å². The van der Waals surface area contributed by atoms with Crippen molar-refractivity contribution in [3.63, 3.8) is 0 Å². The zero-order valence-electron chi connectivity index (χ0n) is 5.33. The average molecular weight is 175 g/mol. The van der Waals surface area contributed by atoms with Crippen molar-refractivity contribution in [3.8, 4) is 0 Å². The predicted molar refractivity (Wildman–Crippen MR) is 39.0 cm³/mol. The predicted octanol–water partition coefficient (Wildman–Crippen LogP) is -0.446. The van der Waals surface area contributed by atoms with Crippen molar-refractivity contribution in [2.45, 2.75) is 0 Å². The molecule has 0 saturated heterocycles. The minimum atomic E-state index is -1.92. The highest BCUT2D eigenvalue weighted by Crippen LogP contribution is 2.02. The van der Waals surface area contributed by atoms with Gasteiger partial charge in [-0.3, -0.25) is 0 Å². The first kappa shape index (κ1) is 8.45. The van der Waals surface area contributed by atoms with Crippen LogP contribution in [0.3, 0.4) is 0 Å². The Hall–Kier alpha value is -0.645. The molecule has 0 radical (unpaired) electrons. The van der Waals surface area contributed by atoms with Crippen LogP contribution in [0.25, 0.3) is 0 Å². The molecule has 0 atom stereocenters. The molecule has 0 unspecified atom stereocenters. The van der Waals surface area contributed by atoms with Crippen LogP contribution in [0.5, 0.6) is 0 Å². The van der Waals surface area contributed by atoms with Gasteiger partial charge in [0.2, 0.25) is 0 Å². The Bertz CT molecular complexity index is 271. The molecule has 0 spiro atoms. The van der Waals surface area contributed by atoms with E-state index in [0.717, 1.165) is 6.07 Å². The molecule has 0 aromatic carbocycles. The molecule has 0 bridgehead atoms. The highest BCUT2D eigenvalue weighted by Gasteiger charge is 2.18. The second-order valence-corrected chi connectivity index (χ2v) is 2.26. The summed E-state index contributed by atoms with van der Waals surface area (Å²) in [5.41, 5.74) is -0.461. The van der Waals surface area contributed by atoms with Gasteiger partial charge in [-0.15, -0.1) is 0 Å². The standard InChI is InChI=1S/C5H4BClFNO2/c7-4-2-1-3(8)5(9-4)6(10)11/h1-2,10-11H. The molecular weight excluding hydrogens is 171 g/mol. The van der Waals surface area contributed by atoms with E-state index in [2.05, 4.69) is 4.98 Å². The van der Waals surface area contributed by atoms with Crippen LogP contribution in [-0.4, -0.2) is 22.2 Å². The van der Waals surface area contributed by atoms with Crippen LogP contribution in [0, 0.1) is 5.82 Å². The van der Waals surface area contributed by atoms with Gasteiger partial charge in [0.05, 0.1) is 0 Å². The number of halogens is 2. The lowest BCUT2D eigenvalue weighted by Gasteiger charge is -1.99. The average Bonchev–Trinajstić information content (AvgIpc) is 1.94. The van der Waals surface area contributed by atoms with Gasteiger partial charge in [-0.25, -0.2) is 9.37 Å². The summed E-state index contributed by atoms with van der Waals surface area (Å²) in [4.78, 5) is 3.36. The van der Waals surface area contributed by atoms with Crippen molar-refractivity contribution in [1.82, 2.24) is 4.98 Å². The lowest BCUT2D eigenvalue weighted by molar-refractivity contribution is 0.421. The summed E-state index contributed by atoms with van der Waals surface area (Å²) < 4.78 is 12.6. The number of hydrogen-bond donors (Lipinski definition) is 2. The minimum Gasteiger partial charge on any atom is -0.422 e. The van der Waals surface area contributed by atoms with E-state index in [4.69, 9.17) is 21.6 Å². The van der Waals surface area contributed by atoms with E-state index < -0.39 is 18.5 Å². The van der Waals surface area contributed by atoms with Crippen molar-refractivity contribution < 1.29 is 14.4 Å². The molecule has 0 fully saturated rings. The van der Waals surface area contributed by atoms with Gasteiger partial charge in [0.1, 0.15) is 16.6 Å². The number of aromatic nitrogens is 1. The van der Waals surface area contributed by atoms with E-state index in [0.29, 0.717) is 0 Å². The third kappa shape index (κ3) is 1.89. The Morgan fingerprint density at radius 2 is 2.09 bits per heavy atom. The van der Waals surface area contributed by atoms with Gasteiger partial charge in [-0.1, -0.05) is 11.6 Å². The zero-order valence-corrected chi connectivity index (χ0v) is 6.09. The topological polar surface area (TPSA) is 53.4 Å². The first-order valence-electron chi connectivity index (χ1n) is 2.79. The molecular formula is C5H4BClFNO2. The smallest absolute Gasteiger partial charge is 0.422 e. The monoisotopic (exact) mass is 175 g/mol. The molecule has 0 aliphatic heterocycles. The van der Waals surface area contributed by atoms with Crippen LogP contribution in [0.15, 0.2) is 12.1 Å². The van der Waals surface area contributed by atoms with Crippen molar-refractivity contribution in [2.75, 3.05) is 0 Å². The fraction of sp³-hybridized carbons (Fsp3) is 0. The summed E-state index contributed by atoms with van der Waals surface area (Å²) in [6.45, 7) is 0. The quantitative estimate of drug-likeness (QED) is 0.449. The molecule has 11 heavy (non-hydrogen) atoms. The highest BCUT2D eigenvalue weighted by molar-refractivity contribution is 6.57. The maximum atomic E-state index is 12.6. The van der Waals surface area contributed by atoms with Gasteiger partial charge in [0.25, 0.3) is 0 Å². The fourth-order valence-electron chi connectivity index (χ4n) is 0.614. The van der Waals surface area contributed by atoms with E-state index in [1.807, 2.05) is 0 Å². The number of hydrogen-bond acceptors (Lipinski definition) is 3. The van der Waals surface area contributed by atoms with Gasteiger partial charge < -0.3 is 10.0 Å². The number of nitrogens with zero attached hydrogens (tertiary/aromatic N) is 1. The van der Waals surface area contributed by atoms with Crippen molar-refractivity contribution in [3.05, 3.63) is 23.1 Å². The largest absolute Gasteiger partial charge is 0.511 e. The zero-order chi connectivity index (χ0) is 8.43. The molecule has 0 saturated carbocycles. The summed E-state index contributed by atoms with van der Waals surface area (Å²) in [6, 6.07) is 2.24. The Balaban J connectivity index is 3.13. The Morgan fingerprint density at radius 3 is 2.55 bits per heavy atom. The molecule has 0 aliphatic carbocycles. The maximum Gasteiger partial charge on any atom is 0.511 e. The molecule has 2 N–H and O–H groups in total. The first-order chi connectivity index (χ1) is 5.11. The Kier molecular flexibility index (Phi) is 2.43. The minimum absolute atomic E-state index is 0.0227. The van der Waals surface area contributed by atoms with Crippen molar-refractivity contribution in [1.29, 1.82) is 0 Å². The molecule has 3 nitrogen and oxygen atoms in total. The van der Waals surface area contributed by atoms with E-state index in [1.165, 1.54) is 6.07 Å². The van der Waals surface area contributed by atoms with Crippen LogP contribution in [0.4, 0.5) is 4.39 Å². The van der Waals surface area contributed by atoms with E-state index in [9.17, 15) is 4.39 Å². The number of rotatable bonds is 1. The molecule has 58 valence electrons.